The zero-order chi connectivity index (χ0) is 13.1. The van der Waals surface area contributed by atoms with Gasteiger partial charge in [0.2, 0.25) is 0 Å². The summed E-state index contributed by atoms with van der Waals surface area (Å²) in [7, 11) is 0. The maximum atomic E-state index is 13.9. The Kier molecular flexibility index (Phi) is 4.14. The van der Waals surface area contributed by atoms with Gasteiger partial charge in [-0.15, -0.1) is 0 Å². The molecule has 1 aromatic heterocycles. The van der Waals surface area contributed by atoms with Crippen molar-refractivity contribution in [2.75, 3.05) is 0 Å². The molecule has 1 unspecified atom stereocenters. The fraction of sp³-hybridized carbons (Fsp3) is 0.308. The van der Waals surface area contributed by atoms with Crippen LogP contribution in [-0.2, 0) is 13.0 Å². The minimum absolute atomic E-state index is 0.292. The number of halogens is 2. The van der Waals surface area contributed by atoms with E-state index in [4.69, 9.17) is 5.73 Å². The van der Waals surface area contributed by atoms with E-state index in [2.05, 4.69) is 20.9 Å². The summed E-state index contributed by atoms with van der Waals surface area (Å²) in [6.45, 7) is 2.87. The first-order valence-corrected chi connectivity index (χ1v) is 6.62. The topological polar surface area (TPSA) is 43.8 Å². The molecule has 1 aromatic carbocycles. The summed E-state index contributed by atoms with van der Waals surface area (Å²) in [6.07, 6.45) is 4.16. The molecule has 96 valence electrons. The van der Waals surface area contributed by atoms with Crippen LogP contribution >= 0.6 is 15.9 Å². The van der Waals surface area contributed by atoms with Crippen molar-refractivity contribution < 1.29 is 4.39 Å². The zero-order valence-electron chi connectivity index (χ0n) is 10.1. The lowest BCUT2D eigenvalue weighted by molar-refractivity contribution is 0.560. The fourth-order valence-electron chi connectivity index (χ4n) is 1.93. The number of hydrogen-bond donors (Lipinski definition) is 1. The number of rotatable bonds is 4. The van der Waals surface area contributed by atoms with E-state index in [1.165, 1.54) is 0 Å². The molecule has 2 rings (SSSR count). The highest BCUT2D eigenvalue weighted by Crippen LogP contribution is 2.24. The summed E-state index contributed by atoms with van der Waals surface area (Å²) < 4.78 is 16.4. The van der Waals surface area contributed by atoms with Gasteiger partial charge in [0.05, 0.1) is 4.47 Å². The van der Waals surface area contributed by atoms with Crippen molar-refractivity contribution in [3.63, 3.8) is 0 Å². The van der Waals surface area contributed by atoms with Crippen molar-refractivity contribution >= 4 is 15.9 Å². The number of aromatic nitrogens is 2. The van der Waals surface area contributed by atoms with E-state index in [-0.39, 0.29) is 5.82 Å². The number of benzene rings is 1. The molecule has 1 atom stereocenters. The molecule has 0 radical (unpaired) electrons. The number of aryl methyl sites for hydroxylation is 1. The highest BCUT2D eigenvalue weighted by molar-refractivity contribution is 9.10. The van der Waals surface area contributed by atoms with Crippen LogP contribution < -0.4 is 5.73 Å². The molecule has 0 saturated heterocycles. The number of hydrogen-bond acceptors (Lipinski definition) is 2. The Morgan fingerprint density at radius 2 is 2.28 bits per heavy atom. The quantitative estimate of drug-likeness (QED) is 0.943. The van der Waals surface area contributed by atoms with Gasteiger partial charge in [0.1, 0.15) is 11.6 Å². The van der Waals surface area contributed by atoms with E-state index in [1.807, 2.05) is 17.7 Å². The van der Waals surface area contributed by atoms with Crippen molar-refractivity contribution in [1.29, 1.82) is 0 Å². The van der Waals surface area contributed by atoms with Gasteiger partial charge in [-0.2, -0.15) is 0 Å². The van der Waals surface area contributed by atoms with E-state index < -0.39 is 6.04 Å². The van der Waals surface area contributed by atoms with Gasteiger partial charge in [0.15, 0.2) is 0 Å². The van der Waals surface area contributed by atoms with Crippen molar-refractivity contribution in [2.45, 2.75) is 25.9 Å². The fourth-order valence-corrected chi connectivity index (χ4v) is 2.31. The third-order valence-electron chi connectivity index (χ3n) is 2.93. The Morgan fingerprint density at radius 1 is 1.50 bits per heavy atom. The zero-order valence-corrected chi connectivity index (χ0v) is 11.7. The SMILES string of the molecule is CCn1ccnc1CC(N)c1cccc(Br)c1F. The van der Waals surface area contributed by atoms with Gasteiger partial charge < -0.3 is 10.3 Å². The maximum absolute atomic E-state index is 13.9. The van der Waals surface area contributed by atoms with Crippen LogP contribution in [0.2, 0.25) is 0 Å². The van der Waals surface area contributed by atoms with Crippen LogP contribution in [-0.4, -0.2) is 9.55 Å². The highest BCUT2D eigenvalue weighted by Gasteiger charge is 2.16. The molecule has 0 fully saturated rings. The van der Waals surface area contributed by atoms with Crippen molar-refractivity contribution in [2.24, 2.45) is 5.73 Å². The first-order chi connectivity index (χ1) is 8.63. The second-order valence-corrected chi connectivity index (χ2v) is 4.94. The van der Waals surface area contributed by atoms with Crippen LogP contribution in [0, 0.1) is 5.82 Å². The third-order valence-corrected chi connectivity index (χ3v) is 3.54. The normalized spacial score (nSPS) is 12.7. The summed E-state index contributed by atoms with van der Waals surface area (Å²) >= 11 is 3.17. The predicted molar refractivity (Wildman–Crippen MR) is 72.6 cm³/mol. The van der Waals surface area contributed by atoms with Crippen LogP contribution in [0.4, 0.5) is 4.39 Å². The second kappa shape index (κ2) is 5.63. The van der Waals surface area contributed by atoms with Crippen molar-refractivity contribution in [3.05, 3.63) is 52.3 Å². The van der Waals surface area contributed by atoms with Gasteiger partial charge in [-0.3, -0.25) is 0 Å². The van der Waals surface area contributed by atoms with E-state index in [9.17, 15) is 4.39 Å². The average Bonchev–Trinajstić information content (AvgIpc) is 2.79. The molecule has 0 spiro atoms. The average molecular weight is 312 g/mol. The Bertz CT molecular complexity index is 539. The van der Waals surface area contributed by atoms with Gasteiger partial charge in [-0.05, 0) is 28.9 Å². The molecular weight excluding hydrogens is 297 g/mol. The van der Waals surface area contributed by atoms with Crippen LogP contribution in [0.5, 0.6) is 0 Å². The van der Waals surface area contributed by atoms with Crippen LogP contribution in [0.25, 0.3) is 0 Å². The first kappa shape index (κ1) is 13.2. The molecule has 5 heteroatoms. The minimum atomic E-state index is -0.393. The van der Waals surface area contributed by atoms with E-state index in [0.717, 1.165) is 12.4 Å². The molecule has 1 heterocycles. The van der Waals surface area contributed by atoms with Gasteiger partial charge in [-0.25, -0.2) is 9.37 Å². The molecule has 2 aromatic rings. The molecule has 0 amide bonds. The summed E-state index contributed by atoms with van der Waals surface area (Å²) in [4.78, 5) is 4.25. The largest absolute Gasteiger partial charge is 0.335 e. The van der Waals surface area contributed by atoms with E-state index in [1.54, 1.807) is 24.4 Å². The van der Waals surface area contributed by atoms with E-state index >= 15 is 0 Å². The Morgan fingerprint density at radius 3 is 3.00 bits per heavy atom. The summed E-state index contributed by atoms with van der Waals surface area (Å²) in [5.74, 6) is 0.587. The standard InChI is InChI=1S/C13H15BrFN3/c1-2-18-7-6-17-12(18)8-11(16)9-4-3-5-10(14)13(9)15/h3-7,11H,2,8,16H2,1H3. The van der Waals surface area contributed by atoms with Crippen molar-refractivity contribution in [3.8, 4) is 0 Å². The Balaban J connectivity index is 2.22. The molecule has 0 aliphatic heterocycles. The highest BCUT2D eigenvalue weighted by atomic mass is 79.9. The molecule has 2 N–H and O–H groups in total. The van der Waals surface area contributed by atoms with E-state index in [0.29, 0.717) is 16.5 Å². The van der Waals surface area contributed by atoms with Crippen molar-refractivity contribution in [1.82, 2.24) is 9.55 Å². The molecule has 18 heavy (non-hydrogen) atoms. The van der Waals surface area contributed by atoms with Crippen LogP contribution in [0.3, 0.4) is 0 Å². The molecule has 0 bridgehead atoms. The smallest absolute Gasteiger partial charge is 0.142 e. The second-order valence-electron chi connectivity index (χ2n) is 4.08. The van der Waals surface area contributed by atoms with Crippen LogP contribution in [0.15, 0.2) is 35.1 Å². The monoisotopic (exact) mass is 311 g/mol. The molecular formula is C13H15BrFN3. The summed E-state index contributed by atoms with van der Waals surface area (Å²) in [5, 5.41) is 0. The Labute approximate surface area is 114 Å². The van der Waals surface area contributed by atoms with Gasteiger partial charge in [-0.1, -0.05) is 12.1 Å². The first-order valence-electron chi connectivity index (χ1n) is 5.83. The van der Waals surface area contributed by atoms with Gasteiger partial charge in [0, 0.05) is 37.0 Å². The Hall–Kier alpha value is -1.20. The lowest BCUT2D eigenvalue weighted by atomic mass is 10.0. The molecule has 0 aliphatic carbocycles. The molecule has 0 aliphatic rings. The lowest BCUT2D eigenvalue weighted by Gasteiger charge is -2.14. The third kappa shape index (κ3) is 2.62. The summed E-state index contributed by atoms with van der Waals surface area (Å²) in [5.41, 5.74) is 6.57. The number of nitrogens with two attached hydrogens (primary N) is 1. The maximum Gasteiger partial charge on any atom is 0.142 e. The molecule has 3 nitrogen and oxygen atoms in total. The molecule has 0 saturated carbocycles. The minimum Gasteiger partial charge on any atom is -0.335 e. The van der Waals surface area contributed by atoms with Gasteiger partial charge >= 0.3 is 0 Å². The predicted octanol–water partition coefficient (Wildman–Crippen LogP) is 3.05. The number of nitrogens with zero attached hydrogens (tertiary/aromatic N) is 2. The summed E-state index contributed by atoms with van der Waals surface area (Å²) in [6, 6.07) is 4.77. The van der Waals surface area contributed by atoms with Crippen LogP contribution in [0.1, 0.15) is 24.4 Å². The number of imidazole rings is 1. The lowest BCUT2D eigenvalue weighted by Crippen LogP contribution is -2.17. The van der Waals surface area contributed by atoms with Gasteiger partial charge in [0.25, 0.3) is 0 Å².